The molecule has 0 saturated carbocycles. The molecule has 8 aromatic carbocycles. The molecule has 6 nitrogen and oxygen atoms in total. The van der Waals surface area contributed by atoms with Crippen molar-refractivity contribution in [1.29, 1.82) is 0 Å². The van der Waals surface area contributed by atoms with E-state index >= 15 is 0 Å². The second kappa shape index (κ2) is 21.1. The zero-order chi connectivity index (χ0) is 47.6. The monoisotopic (exact) mass is 934 g/mol. The maximum absolute atomic E-state index is 11.4. The maximum atomic E-state index is 11.4. The summed E-state index contributed by atoms with van der Waals surface area (Å²) in [6.07, 6.45) is -0.0386. The second-order valence-electron chi connectivity index (χ2n) is 18.2. The fraction of sp³-hybridized carbons (Fsp3) is 0.194. The van der Waals surface area contributed by atoms with E-state index in [0.717, 1.165) is 67.1 Å². The third kappa shape index (κ3) is 10.0. The number of carboxylic acids is 2. The van der Waals surface area contributed by atoms with Gasteiger partial charge in [0.1, 0.15) is 24.7 Å². The van der Waals surface area contributed by atoms with Gasteiger partial charge in [-0.05, 0) is 190 Å². The summed E-state index contributed by atoms with van der Waals surface area (Å²) in [4.78, 5) is 22.7. The zero-order valence-electron chi connectivity index (χ0n) is 40.2. The van der Waals surface area contributed by atoms with Crippen LogP contribution in [0.25, 0.3) is 44.5 Å². The van der Waals surface area contributed by atoms with Crippen molar-refractivity contribution < 1.29 is 29.3 Å². The predicted octanol–water partition coefficient (Wildman–Crippen LogP) is 11.8. The molecule has 0 spiro atoms. The van der Waals surface area contributed by atoms with E-state index in [0.29, 0.717) is 13.2 Å². The number of aliphatic carboxylic acids is 2. The molecule has 0 heterocycles. The Kier molecular flexibility index (Phi) is 14.9. The molecule has 0 aromatic heterocycles. The first-order valence-corrected chi connectivity index (χ1v) is 23.3. The quantitative estimate of drug-likeness (QED) is 0.113. The second-order valence-corrected chi connectivity index (χ2v) is 18.2. The van der Waals surface area contributed by atoms with E-state index in [-0.39, 0.29) is 62.4 Å². The van der Waals surface area contributed by atoms with Crippen LogP contribution >= 0.6 is 0 Å². The number of aryl methyl sites for hydroxylation is 4. The third-order valence-corrected chi connectivity index (χ3v) is 14.0. The minimum atomic E-state index is -1.03. The normalized spacial score (nSPS) is 13.7. The van der Waals surface area contributed by atoms with Crippen molar-refractivity contribution >= 4 is 49.7 Å². The molecular weight excluding hydrogens is 881 g/mol. The van der Waals surface area contributed by atoms with Gasteiger partial charge in [0.05, 0.1) is 0 Å². The molecule has 10 rings (SSSR count). The molecule has 340 valence electrons. The van der Waals surface area contributed by atoms with Gasteiger partial charge in [-0.1, -0.05) is 133 Å². The van der Waals surface area contributed by atoms with Gasteiger partial charge in [0.2, 0.25) is 0 Å². The molecule has 2 unspecified atom stereocenters. The molecule has 7 heteroatoms. The number of carbonyl (C=O) groups excluding carboxylic acids is 2. The number of hydrogen-bond donors (Lipinski definition) is 0. The molecule has 2 aliphatic rings. The maximum Gasteiger partial charge on any atom is 2.00 e. The molecule has 0 radical (unpaired) electrons. The molecular formula is C62H54CaO6. The largest absolute Gasteiger partial charge is 2.00 e. The van der Waals surface area contributed by atoms with Crippen molar-refractivity contribution in [3.05, 3.63) is 224 Å². The summed E-state index contributed by atoms with van der Waals surface area (Å²) in [6, 6.07) is 53.5. The standard InChI is InChI=1S/2C31H28O3.Ca/c2*1-19-8-6-9-20(2)31(19)24-13-7-10-22(21(24)3)18-34-23-14-15-27-28(16-23)25-11-4-5-12-26(25)29(27)17-30(32)33;/h2*4-16,29H,17-18H2,1-3H3,(H,32,33);/q;;+2/p-2. The van der Waals surface area contributed by atoms with Crippen LogP contribution in [0.3, 0.4) is 0 Å². The van der Waals surface area contributed by atoms with Crippen molar-refractivity contribution in [2.24, 2.45) is 0 Å². The Morgan fingerprint density at radius 3 is 1.12 bits per heavy atom. The molecule has 0 aliphatic heterocycles. The Balaban J connectivity index is 0.000000183. The topological polar surface area (TPSA) is 98.7 Å². The molecule has 0 bridgehead atoms. The van der Waals surface area contributed by atoms with E-state index in [1.807, 2.05) is 84.9 Å². The van der Waals surface area contributed by atoms with Crippen LogP contribution in [0.1, 0.15) is 91.4 Å². The number of carbonyl (C=O) groups is 2. The average Bonchev–Trinajstić information content (AvgIpc) is 3.79. The summed E-state index contributed by atoms with van der Waals surface area (Å²) in [5, 5.41) is 22.7. The Bertz CT molecular complexity index is 2980. The number of ether oxygens (including phenoxy) is 2. The van der Waals surface area contributed by atoms with Crippen LogP contribution in [0.4, 0.5) is 0 Å². The molecule has 8 aromatic rings. The molecule has 0 fully saturated rings. The smallest absolute Gasteiger partial charge is 0.550 e. The number of fused-ring (bicyclic) bond motifs is 6. The van der Waals surface area contributed by atoms with Crippen LogP contribution in [0, 0.1) is 41.5 Å². The van der Waals surface area contributed by atoms with Crippen molar-refractivity contribution in [3.8, 4) is 56.0 Å². The van der Waals surface area contributed by atoms with Gasteiger partial charge in [0, 0.05) is 23.8 Å². The van der Waals surface area contributed by atoms with Crippen molar-refractivity contribution in [2.75, 3.05) is 0 Å². The van der Waals surface area contributed by atoms with Crippen molar-refractivity contribution in [2.45, 2.75) is 79.4 Å². The van der Waals surface area contributed by atoms with Gasteiger partial charge in [-0.3, -0.25) is 0 Å². The van der Waals surface area contributed by atoms with Crippen molar-refractivity contribution in [3.63, 3.8) is 0 Å². The fourth-order valence-corrected chi connectivity index (χ4v) is 10.5. The first kappa shape index (κ1) is 49.0. The fourth-order valence-electron chi connectivity index (χ4n) is 10.5. The van der Waals surface area contributed by atoms with Gasteiger partial charge < -0.3 is 29.3 Å². The van der Waals surface area contributed by atoms with Gasteiger partial charge in [-0.25, -0.2) is 0 Å². The zero-order valence-corrected chi connectivity index (χ0v) is 42.4. The Hall–Kier alpha value is -6.44. The van der Waals surface area contributed by atoms with Gasteiger partial charge >= 0.3 is 37.7 Å². The number of rotatable bonds is 12. The summed E-state index contributed by atoms with van der Waals surface area (Å²) in [7, 11) is 0. The summed E-state index contributed by atoms with van der Waals surface area (Å²) >= 11 is 0. The van der Waals surface area contributed by atoms with Gasteiger partial charge in [-0.2, -0.15) is 0 Å². The van der Waals surface area contributed by atoms with E-state index in [1.54, 1.807) is 0 Å². The number of benzene rings is 8. The molecule has 2 aliphatic carbocycles. The first-order chi connectivity index (χ1) is 32.9. The summed E-state index contributed by atoms with van der Waals surface area (Å²) in [5.41, 5.74) is 23.2. The summed E-state index contributed by atoms with van der Waals surface area (Å²) in [5.74, 6) is -0.874. The molecule has 0 N–H and O–H groups in total. The summed E-state index contributed by atoms with van der Waals surface area (Å²) in [6.45, 7) is 13.9. The third-order valence-electron chi connectivity index (χ3n) is 14.0. The SMILES string of the molecule is Cc1cccc(C)c1-c1cccc(COc2ccc3c(c2)-c2ccccc2C3CC(=O)[O-])c1C.Cc1cccc(C)c1-c1cccc(COc2ccc3c(c2)-c2ccccc2C3CC(=O)[O-])c1C.[Ca+2]. The average molecular weight is 935 g/mol. The van der Waals surface area contributed by atoms with Crippen LogP contribution in [-0.4, -0.2) is 49.7 Å². The van der Waals surface area contributed by atoms with Crippen LogP contribution in [0.5, 0.6) is 11.5 Å². The van der Waals surface area contributed by atoms with Crippen LogP contribution in [0.2, 0.25) is 0 Å². The van der Waals surface area contributed by atoms with E-state index in [9.17, 15) is 19.8 Å². The van der Waals surface area contributed by atoms with E-state index < -0.39 is 11.9 Å². The molecule has 69 heavy (non-hydrogen) atoms. The van der Waals surface area contributed by atoms with Crippen LogP contribution < -0.4 is 19.7 Å². The van der Waals surface area contributed by atoms with Crippen LogP contribution in [0.15, 0.2) is 158 Å². The molecule has 0 saturated heterocycles. The number of carboxylic acid groups (broad SMARTS) is 2. The minimum absolute atomic E-state index is 0. The Morgan fingerprint density at radius 1 is 0.406 bits per heavy atom. The van der Waals surface area contributed by atoms with Crippen molar-refractivity contribution in [1.82, 2.24) is 0 Å². The van der Waals surface area contributed by atoms with E-state index in [1.165, 1.54) is 55.6 Å². The molecule has 0 amide bonds. The van der Waals surface area contributed by atoms with E-state index in [2.05, 4.69) is 114 Å². The first-order valence-electron chi connectivity index (χ1n) is 23.3. The van der Waals surface area contributed by atoms with Crippen LogP contribution in [-0.2, 0) is 22.8 Å². The summed E-state index contributed by atoms with van der Waals surface area (Å²) < 4.78 is 12.5. The Labute approximate surface area is 435 Å². The number of hydrogen-bond acceptors (Lipinski definition) is 6. The van der Waals surface area contributed by atoms with Gasteiger partial charge in [0.25, 0.3) is 0 Å². The van der Waals surface area contributed by atoms with E-state index in [4.69, 9.17) is 9.47 Å². The minimum Gasteiger partial charge on any atom is -0.550 e. The predicted molar refractivity (Wildman–Crippen MR) is 273 cm³/mol. The molecule has 2 atom stereocenters. The Morgan fingerprint density at radius 2 is 0.739 bits per heavy atom. The van der Waals surface area contributed by atoms with Gasteiger partial charge in [-0.15, -0.1) is 0 Å². The van der Waals surface area contributed by atoms with Gasteiger partial charge in [0.15, 0.2) is 0 Å².